The van der Waals surface area contributed by atoms with Crippen LogP contribution in [0.3, 0.4) is 0 Å². The Morgan fingerprint density at radius 2 is 2.06 bits per heavy atom. The molecule has 98 valence electrons. The van der Waals surface area contributed by atoms with Crippen molar-refractivity contribution < 1.29 is 19.4 Å². The van der Waals surface area contributed by atoms with Crippen LogP contribution in [0, 0.1) is 5.92 Å². The Labute approximate surface area is 107 Å². The predicted molar refractivity (Wildman–Crippen MR) is 66.0 cm³/mol. The van der Waals surface area contributed by atoms with Gasteiger partial charge in [0.05, 0.1) is 11.7 Å². The summed E-state index contributed by atoms with van der Waals surface area (Å²) in [6.07, 6.45) is -0.897. The van der Waals surface area contributed by atoms with E-state index in [1.165, 1.54) is 0 Å². The van der Waals surface area contributed by atoms with E-state index >= 15 is 0 Å². The number of aliphatic hydroxyl groups excluding tert-OH is 1. The summed E-state index contributed by atoms with van der Waals surface area (Å²) < 4.78 is 10.7. The van der Waals surface area contributed by atoms with Gasteiger partial charge in [0.15, 0.2) is 0 Å². The molecule has 0 radical (unpaired) electrons. The molecule has 1 heterocycles. The molecule has 1 aliphatic rings. The Hall–Kier alpha value is -1.39. The highest BCUT2D eigenvalue weighted by molar-refractivity contribution is 5.89. The summed E-state index contributed by atoms with van der Waals surface area (Å²) in [7, 11) is 0. The number of carbonyl (C=O) groups is 1. The number of rotatable bonds is 3. The zero-order valence-corrected chi connectivity index (χ0v) is 10.6. The molecule has 0 bridgehead atoms. The maximum absolute atomic E-state index is 11.8. The Morgan fingerprint density at radius 1 is 1.39 bits per heavy atom. The summed E-state index contributed by atoms with van der Waals surface area (Å²) in [6, 6.07) is 8.70. The molecule has 0 unspecified atom stereocenters. The van der Waals surface area contributed by atoms with Gasteiger partial charge in [0, 0.05) is 5.92 Å². The largest absolute Gasteiger partial charge is 0.429 e. The van der Waals surface area contributed by atoms with Crippen LogP contribution in [-0.2, 0) is 9.47 Å². The number of aliphatic hydroxyl groups is 1. The van der Waals surface area contributed by atoms with Crippen LogP contribution < -0.4 is 0 Å². The molecule has 1 aromatic carbocycles. The fraction of sp³-hybridized carbons (Fsp3) is 0.500. The van der Waals surface area contributed by atoms with Gasteiger partial charge in [-0.25, -0.2) is 4.79 Å². The number of esters is 1. The third-order valence-electron chi connectivity index (χ3n) is 3.35. The highest BCUT2D eigenvalue weighted by Gasteiger charge is 2.42. The lowest BCUT2D eigenvalue weighted by atomic mass is 9.99. The molecule has 2 rings (SSSR count). The standard InChI is InChI=1S/C14H18O4/c1-3-11-9(2)12(15)14(17-11)18-13(16)10-7-5-4-6-8-10/h4-9,11-12,14-15H,3H2,1-2H3/t9-,11-,12-,14+/m1/s1. The van der Waals surface area contributed by atoms with Gasteiger partial charge in [-0.1, -0.05) is 32.0 Å². The average molecular weight is 250 g/mol. The fourth-order valence-electron chi connectivity index (χ4n) is 2.16. The molecule has 0 aromatic heterocycles. The highest BCUT2D eigenvalue weighted by Crippen LogP contribution is 2.29. The summed E-state index contributed by atoms with van der Waals surface area (Å²) in [5.74, 6) is -0.493. The fourth-order valence-corrected chi connectivity index (χ4v) is 2.16. The molecule has 18 heavy (non-hydrogen) atoms. The zero-order chi connectivity index (χ0) is 13.1. The van der Waals surface area contributed by atoms with Crippen LogP contribution in [0.1, 0.15) is 30.6 Å². The molecule has 4 atom stereocenters. The van der Waals surface area contributed by atoms with Gasteiger partial charge in [0.1, 0.15) is 6.10 Å². The first-order chi connectivity index (χ1) is 8.63. The van der Waals surface area contributed by atoms with Gasteiger partial charge >= 0.3 is 5.97 Å². The van der Waals surface area contributed by atoms with E-state index in [0.29, 0.717) is 5.56 Å². The van der Waals surface area contributed by atoms with Crippen LogP contribution in [0.4, 0.5) is 0 Å². The molecule has 1 fully saturated rings. The van der Waals surface area contributed by atoms with Crippen molar-refractivity contribution in [3.8, 4) is 0 Å². The summed E-state index contributed by atoms with van der Waals surface area (Å²) in [5.41, 5.74) is 0.459. The molecule has 0 amide bonds. The summed E-state index contributed by atoms with van der Waals surface area (Å²) in [4.78, 5) is 11.8. The number of ether oxygens (including phenoxy) is 2. The first-order valence-corrected chi connectivity index (χ1v) is 6.23. The maximum atomic E-state index is 11.8. The SMILES string of the molecule is CC[C@H]1O[C@@H](OC(=O)c2ccccc2)[C@H](O)[C@@H]1C. The Balaban J connectivity index is 2.00. The molecule has 4 heteroatoms. The first kappa shape index (κ1) is 13.1. The van der Waals surface area contributed by atoms with Crippen LogP contribution in [0.2, 0.25) is 0 Å². The minimum Gasteiger partial charge on any atom is -0.429 e. The van der Waals surface area contributed by atoms with Gasteiger partial charge in [0.2, 0.25) is 6.29 Å². The van der Waals surface area contributed by atoms with Crippen molar-refractivity contribution in [2.75, 3.05) is 0 Å². The van der Waals surface area contributed by atoms with E-state index in [2.05, 4.69) is 0 Å². The minimum absolute atomic E-state index is 0.0245. The molecule has 0 spiro atoms. The Kier molecular flexibility index (Phi) is 3.99. The first-order valence-electron chi connectivity index (χ1n) is 6.23. The van der Waals surface area contributed by atoms with Crippen molar-refractivity contribution in [2.24, 2.45) is 5.92 Å². The third kappa shape index (κ3) is 2.54. The predicted octanol–water partition coefficient (Wildman–Crippen LogP) is 1.98. The summed E-state index contributed by atoms with van der Waals surface area (Å²) >= 11 is 0. The minimum atomic E-state index is -0.863. The second kappa shape index (κ2) is 5.50. The van der Waals surface area contributed by atoms with Gasteiger partial charge in [-0.15, -0.1) is 0 Å². The summed E-state index contributed by atoms with van der Waals surface area (Å²) in [6.45, 7) is 3.88. The average Bonchev–Trinajstić information content (AvgIpc) is 2.67. The smallest absolute Gasteiger partial charge is 0.340 e. The number of carbonyl (C=O) groups excluding carboxylic acids is 1. The number of hydrogen-bond donors (Lipinski definition) is 1. The number of benzene rings is 1. The van der Waals surface area contributed by atoms with E-state index < -0.39 is 18.4 Å². The van der Waals surface area contributed by atoms with Crippen molar-refractivity contribution >= 4 is 5.97 Å². The van der Waals surface area contributed by atoms with Crippen LogP contribution >= 0.6 is 0 Å². The molecule has 0 aliphatic carbocycles. The zero-order valence-electron chi connectivity index (χ0n) is 10.6. The van der Waals surface area contributed by atoms with E-state index in [4.69, 9.17) is 9.47 Å². The van der Waals surface area contributed by atoms with Crippen molar-refractivity contribution in [1.82, 2.24) is 0 Å². The molecule has 1 aliphatic heterocycles. The maximum Gasteiger partial charge on any atom is 0.340 e. The van der Waals surface area contributed by atoms with Crippen LogP contribution in [0.5, 0.6) is 0 Å². The highest BCUT2D eigenvalue weighted by atomic mass is 16.7. The van der Waals surface area contributed by atoms with Crippen LogP contribution in [0.25, 0.3) is 0 Å². The van der Waals surface area contributed by atoms with E-state index in [0.717, 1.165) is 6.42 Å². The molecule has 0 saturated carbocycles. The van der Waals surface area contributed by atoms with Crippen LogP contribution in [0.15, 0.2) is 30.3 Å². The van der Waals surface area contributed by atoms with Gasteiger partial charge < -0.3 is 14.6 Å². The topological polar surface area (TPSA) is 55.8 Å². The van der Waals surface area contributed by atoms with Gasteiger partial charge in [-0.2, -0.15) is 0 Å². The van der Waals surface area contributed by atoms with Crippen molar-refractivity contribution in [3.05, 3.63) is 35.9 Å². The van der Waals surface area contributed by atoms with Gasteiger partial charge in [-0.3, -0.25) is 0 Å². The normalized spacial score (nSPS) is 31.3. The molecule has 1 aromatic rings. The van der Waals surface area contributed by atoms with Gasteiger partial charge in [0.25, 0.3) is 0 Å². The van der Waals surface area contributed by atoms with E-state index in [-0.39, 0.29) is 12.0 Å². The molecular weight excluding hydrogens is 232 g/mol. The van der Waals surface area contributed by atoms with Crippen molar-refractivity contribution in [2.45, 2.75) is 38.8 Å². The lowest BCUT2D eigenvalue weighted by Gasteiger charge is -2.15. The molecule has 4 nitrogen and oxygen atoms in total. The van der Waals surface area contributed by atoms with Crippen LogP contribution in [-0.4, -0.2) is 29.6 Å². The van der Waals surface area contributed by atoms with E-state index in [9.17, 15) is 9.90 Å². The van der Waals surface area contributed by atoms with Crippen molar-refractivity contribution in [3.63, 3.8) is 0 Å². The molecule has 1 saturated heterocycles. The van der Waals surface area contributed by atoms with E-state index in [1.54, 1.807) is 24.3 Å². The lowest BCUT2D eigenvalue weighted by Crippen LogP contribution is -2.30. The summed E-state index contributed by atoms with van der Waals surface area (Å²) in [5, 5.41) is 9.95. The quantitative estimate of drug-likeness (QED) is 0.833. The lowest BCUT2D eigenvalue weighted by molar-refractivity contribution is -0.134. The second-order valence-corrected chi connectivity index (χ2v) is 4.57. The van der Waals surface area contributed by atoms with E-state index in [1.807, 2.05) is 19.9 Å². The monoisotopic (exact) mass is 250 g/mol. The van der Waals surface area contributed by atoms with Crippen molar-refractivity contribution in [1.29, 1.82) is 0 Å². The second-order valence-electron chi connectivity index (χ2n) is 4.57. The number of hydrogen-bond acceptors (Lipinski definition) is 4. The Bertz CT molecular complexity index is 404. The molecular formula is C14H18O4. The Morgan fingerprint density at radius 3 is 2.61 bits per heavy atom. The third-order valence-corrected chi connectivity index (χ3v) is 3.35. The molecule has 1 N–H and O–H groups in total. The van der Waals surface area contributed by atoms with Gasteiger partial charge in [-0.05, 0) is 18.6 Å².